The standard InChI is InChI=1S/C22H31N3O3/c1-16(2)19-9-7-18(8-10-19)14-25-17(3)22(28)24(15-21(25)27)13-5-12-23-11-4-6-20(23)26/h7-10,16-17H,4-6,11-15H2,1-3H3/t17-/m0/s1. The number of carbonyl (C=O) groups is 3. The van der Waals surface area contributed by atoms with Crippen LogP contribution in [0.3, 0.4) is 0 Å². The van der Waals surface area contributed by atoms with E-state index in [0.29, 0.717) is 38.4 Å². The van der Waals surface area contributed by atoms with Crippen molar-refractivity contribution < 1.29 is 14.4 Å². The van der Waals surface area contributed by atoms with Crippen LogP contribution < -0.4 is 0 Å². The summed E-state index contributed by atoms with van der Waals surface area (Å²) in [4.78, 5) is 42.3. The van der Waals surface area contributed by atoms with Crippen molar-refractivity contribution in [2.75, 3.05) is 26.2 Å². The Morgan fingerprint density at radius 1 is 1.00 bits per heavy atom. The summed E-state index contributed by atoms with van der Waals surface area (Å²) in [6, 6.07) is 7.80. The van der Waals surface area contributed by atoms with Crippen LogP contribution in [0, 0.1) is 0 Å². The molecule has 3 amide bonds. The fourth-order valence-electron chi connectivity index (χ4n) is 3.96. The summed E-state index contributed by atoms with van der Waals surface area (Å²) >= 11 is 0. The third kappa shape index (κ3) is 4.54. The van der Waals surface area contributed by atoms with Gasteiger partial charge in [-0.3, -0.25) is 14.4 Å². The van der Waals surface area contributed by atoms with Gasteiger partial charge in [-0.05, 0) is 36.8 Å². The van der Waals surface area contributed by atoms with Crippen molar-refractivity contribution in [2.24, 2.45) is 0 Å². The van der Waals surface area contributed by atoms with Gasteiger partial charge in [0.1, 0.15) is 6.04 Å². The Hall–Kier alpha value is -2.37. The van der Waals surface area contributed by atoms with Crippen LogP contribution in [0.1, 0.15) is 57.1 Å². The molecule has 6 nitrogen and oxygen atoms in total. The van der Waals surface area contributed by atoms with E-state index in [4.69, 9.17) is 0 Å². The minimum Gasteiger partial charge on any atom is -0.343 e. The Labute approximate surface area is 167 Å². The highest BCUT2D eigenvalue weighted by Gasteiger charge is 2.36. The predicted octanol–water partition coefficient (Wildman–Crippen LogP) is 2.38. The molecule has 3 rings (SSSR count). The fraction of sp³-hybridized carbons (Fsp3) is 0.591. The van der Waals surface area contributed by atoms with E-state index in [1.165, 1.54) is 5.56 Å². The highest BCUT2D eigenvalue weighted by atomic mass is 16.2. The largest absolute Gasteiger partial charge is 0.343 e. The van der Waals surface area contributed by atoms with Crippen LogP contribution in [0.2, 0.25) is 0 Å². The lowest BCUT2D eigenvalue weighted by atomic mass is 10.0. The smallest absolute Gasteiger partial charge is 0.245 e. The van der Waals surface area contributed by atoms with Crippen LogP contribution in [0.5, 0.6) is 0 Å². The summed E-state index contributed by atoms with van der Waals surface area (Å²) < 4.78 is 0. The van der Waals surface area contributed by atoms with Gasteiger partial charge in [0, 0.05) is 32.6 Å². The van der Waals surface area contributed by atoms with Crippen LogP contribution in [-0.4, -0.2) is 64.6 Å². The second kappa shape index (κ2) is 8.76. The maximum Gasteiger partial charge on any atom is 0.245 e. The zero-order valence-corrected chi connectivity index (χ0v) is 17.2. The molecule has 2 saturated heterocycles. The first kappa shape index (κ1) is 20.4. The average Bonchev–Trinajstić information content (AvgIpc) is 3.08. The highest BCUT2D eigenvalue weighted by molar-refractivity contribution is 5.94. The Bertz CT molecular complexity index is 729. The SMILES string of the molecule is CC(C)c1ccc(CN2C(=O)CN(CCCN3CCCC3=O)C(=O)[C@@H]2C)cc1. The molecule has 0 saturated carbocycles. The number of piperazine rings is 1. The molecule has 28 heavy (non-hydrogen) atoms. The van der Waals surface area contributed by atoms with Crippen molar-refractivity contribution in [3.05, 3.63) is 35.4 Å². The second-order valence-electron chi connectivity index (χ2n) is 8.19. The van der Waals surface area contributed by atoms with E-state index >= 15 is 0 Å². The van der Waals surface area contributed by atoms with Crippen LogP contribution in [-0.2, 0) is 20.9 Å². The lowest BCUT2D eigenvalue weighted by Gasteiger charge is -2.39. The minimum atomic E-state index is -0.459. The summed E-state index contributed by atoms with van der Waals surface area (Å²) in [5, 5.41) is 0. The lowest BCUT2D eigenvalue weighted by Crippen LogP contribution is -2.58. The average molecular weight is 386 g/mol. The molecule has 0 unspecified atom stereocenters. The van der Waals surface area contributed by atoms with Gasteiger partial charge in [-0.2, -0.15) is 0 Å². The van der Waals surface area contributed by atoms with E-state index in [1.807, 2.05) is 17.0 Å². The Morgan fingerprint density at radius 2 is 1.68 bits per heavy atom. The highest BCUT2D eigenvalue weighted by Crippen LogP contribution is 2.19. The van der Waals surface area contributed by atoms with Gasteiger partial charge < -0.3 is 14.7 Å². The maximum atomic E-state index is 12.8. The Kier molecular flexibility index (Phi) is 6.37. The number of hydrogen-bond donors (Lipinski definition) is 0. The first-order valence-electron chi connectivity index (χ1n) is 10.3. The molecule has 2 aliphatic heterocycles. The molecule has 2 heterocycles. The van der Waals surface area contributed by atoms with Crippen LogP contribution in [0.25, 0.3) is 0 Å². The molecule has 1 aromatic rings. The summed E-state index contributed by atoms with van der Waals surface area (Å²) in [6.45, 7) is 8.69. The van der Waals surface area contributed by atoms with Crippen molar-refractivity contribution >= 4 is 17.7 Å². The van der Waals surface area contributed by atoms with E-state index < -0.39 is 6.04 Å². The van der Waals surface area contributed by atoms with E-state index in [2.05, 4.69) is 26.0 Å². The number of hydrogen-bond acceptors (Lipinski definition) is 3. The summed E-state index contributed by atoms with van der Waals surface area (Å²) in [5.41, 5.74) is 2.30. The first-order chi connectivity index (χ1) is 13.4. The van der Waals surface area contributed by atoms with E-state index in [-0.39, 0.29) is 24.3 Å². The predicted molar refractivity (Wildman–Crippen MR) is 108 cm³/mol. The van der Waals surface area contributed by atoms with Crippen LogP contribution >= 0.6 is 0 Å². The van der Waals surface area contributed by atoms with Gasteiger partial charge in [0.15, 0.2) is 0 Å². The maximum absolute atomic E-state index is 12.8. The Balaban J connectivity index is 1.54. The third-order valence-electron chi connectivity index (χ3n) is 5.81. The summed E-state index contributed by atoms with van der Waals surface area (Å²) in [5.74, 6) is 0.642. The normalized spacial score (nSPS) is 20.6. The van der Waals surface area contributed by atoms with E-state index in [1.54, 1.807) is 16.7 Å². The molecule has 0 aromatic heterocycles. The molecule has 0 N–H and O–H groups in total. The number of carbonyl (C=O) groups excluding carboxylic acids is 3. The van der Waals surface area contributed by atoms with Crippen molar-refractivity contribution in [1.29, 1.82) is 0 Å². The molecular formula is C22H31N3O3. The van der Waals surface area contributed by atoms with Crippen LogP contribution in [0.4, 0.5) is 0 Å². The molecule has 0 spiro atoms. The van der Waals surface area contributed by atoms with Gasteiger partial charge in [-0.1, -0.05) is 38.1 Å². The van der Waals surface area contributed by atoms with Gasteiger partial charge in [-0.25, -0.2) is 0 Å². The molecule has 6 heteroatoms. The van der Waals surface area contributed by atoms with Gasteiger partial charge >= 0.3 is 0 Å². The molecule has 0 radical (unpaired) electrons. The van der Waals surface area contributed by atoms with Gasteiger partial charge in [-0.15, -0.1) is 0 Å². The number of likely N-dealkylation sites (tertiary alicyclic amines) is 1. The topological polar surface area (TPSA) is 60.9 Å². The van der Waals surface area contributed by atoms with Crippen molar-refractivity contribution in [2.45, 2.75) is 58.5 Å². The lowest BCUT2D eigenvalue weighted by molar-refractivity contribution is -0.155. The second-order valence-corrected chi connectivity index (χ2v) is 8.19. The Morgan fingerprint density at radius 3 is 2.29 bits per heavy atom. The molecular weight excluding hydrogens is 354 g/mol. The molecule has 1 atom stereocenters. The minimum absolute atomic E-state index is 0.00820. The molecule has 1 aromatic carbocycles. The third-order valence-corrected chi connectivity index (χ3v) is 5.81. The van der Waals surface area contributed by atoms with Gasteiger partial charge in [0.25, 0.3) is 0 Å². The monoisotopic (exact) mass is 385 g/mol. The number of amides is 3. The van der Waals surface area contributed by atoms with Crippen LogP contribution in [0.15, 0.2) is 24.3 Å². The van der Waals surface area contributed by atoms with Crippen molar-refractivity contribution in [1.82, 2.24) is 14.7 Å². The molecule has 0 bridgehead atoms. The van der Waals surface area contributed by atoms with Gasteiger partial charge in [0.2, 0.25) is 17.7 Å². The zero-order chi connectivity index (χ0) is 20.3. The molecule has 0 aliphatic carbocycles. The quantitative estimate of drug-likeness (QED) is 0.724. The van der Waals surface area contributed by atoms with E-state index in [9.17, 15) is 14.4 Å². The molecule has 2 aliphatic rings. The number of rotatable bonds is 7. The van der Waals surface area contributed by atoms with Crippen molar-refractivity contribution in [3.8, 4) is 0 Å². The number of benzene rings is 1. The number of nitrogens with zero attached hydrogens (tertiary/aromatic N) is 3. The van der Waals surface area contributed by atoms with Gasteiger partial charge in [0.05, 0.1) is 6.54 Å². The molecule has 2 fully saturated rings. The van der Waals surface area contributed by atoms with E-state index in [0.717, 1.165) is 18.5 Å². The summed E-state index contributed by atoms with van der Waals surface area (Å²) in [7, 11) is 0. The van der Waals surface area contributed by atoms with Crippen molar-refractivity contribution in [3.63, 3.8) is 0 Å². The molecule has 152 valence electrons. The zero-order valence-electron chi connectivity index (χ0n) is 17.2. The fourth-order valence-corrected chi connectivity index (χ4v) is 3.96. The summed E-state index contributed by atoms with van der Waals surface area (Å²) in [6.07, 6.45) is 2.27. The first-order valence-corrected chi connectivity index (χ1v) is 10.3.